The highest BCUT2D eigenvalue weighted by molar-refractivity contribution is 6.95. The number of rotatable bonds is 3. The van der Waals surface area contributed by atoms with Crippen molar-refractivity contribution in [2.24, 2.45) is 0 Å². The van der Waals surface area contributed by atoms with Crippen molar-refractivity contribution in [3.63, 3.8) is 0 Å². The zero-order valence-electron chi connectivity index (χ0n) is 14.0. The molecule has 0 bridgehead atoms. The molecule has 0 spiro atoms. The van der Waals surface area contributed by atoms with Crippen LogP contribution >= 0.6 is 0 Å². The summed E-state index contributed by atoms with van der Waals surface area (Å²) in [5.41, 5.74) is -5.11. The average molecular weight is 440 g/mol. The second kappa shape index (κ2) is 7.65. The van der Waals surface area contributed by atoms with Crippen LogP contribution in [0.25, 0.3) is 0 Å². The summed E-state index contributed by atoms with van der Waals surface area (Å²) in [7, 11) is 0. The van der Waals surface area contributed by atoms with Crippen LogP contribution < -0.4 is 16.4 Å². The Bertz CT molecular complexity index is 1110. The average Bonchev–Trinajstić information content (AvgIpc) is 2.66. The van der Waals surface area contributed by atoms with E-state index in [2.05, 4.69) is 0 Å². The van der Waals surface area contributed by atoms with Gasteiger partial charge in [-0.1, -0.05) is 0 Å². The summed E-state index contributed by atoms with van der Waals surface area (Å²) in [6.45, 7) is -2.92. The van der Waals surface area contributed by atoms with Crippen molar-refractivity contribution in [1.29, 1.82) is 0 Å². The van der Waals surface area contributed by atoms with Crippen LogP contribution in [0.1, 0.15) is 0 Å². The molecule has 156 valence electrons. The minimum Gasteiger partial charge on any atom is -0.207 e. The molecular weight excluding hydrogens is 436 g/mol. The van der Waals surface area contributed by atoms with Gasteiger partial charge in [-0.15, -0.1) is 0 Å². The van der Waals surface area contributed by atoms with Crippen LogP contribution in [0.3, 0.4) is 0 Å². The Morgan fingerprint density at radius 2 is 0.800 bits per heavy atom. The van der Waals surface area contributed by atoms with Gasteiger partial charge in [0, 0.05) is 29.1 Å². The molecule has 0 amide bonds. The maximum atomic E-state index is 14.3. The van der Waals surface area contributed by atoms with E-state index in [-0.39, 0.29) is 24.3 Å². The van der Waals surface area contributed by atoms with E-state index >= 15 is 0 Å². The van der Waals surface area contributed by atoms with E-state index < -0.39 is 87.1 Å². The highest BCUT2D eigenvalue weighted by Gasteiger charge is 2.39. The molecule has 3 rings (SSSR count). The molecule has 0 nitrogen and oxygen atoms in total. The van der Waals surface area contributed by atoms with Crippen LogP contribution in [-0.4, -0.2) is 6.71 Å². The molecule has 0 radical (unpaired) electrons. The van der Waals surface area contributed by atoms with E-state index in [0.717, 1.165) is 0 Å². The number of hydrogen-bond donors (Lipinski definition) is 0. The largest absolute Gasteiger partial charge is 0.260 e. The van der Waals surface area contributed by atoms with Crippen LogP contribution in [-0.2, 0) is 0 Å². The van der Waals surface area contributed by atoms with Gasteiger partial charge in [-0.05, 0) is 11.5 Å². The van der Waals surface area contributed by atoms with Crippen molar-refractivity contribution < 1.29 is 48.3 Å². The van der Waals surface area contributed by atoms with Crippen LogP contribution in [0.2, 0.25) is 0 Å². The van der Waals surface area contributed by atoms with E-state index in [1.807, 2.05) is 0 Å². The zero-order valence-corrected chi connectivity index (χ0v) is 14.0. The van der Waals surface area contributed by atoms with Gasteiger partial charge in [0.1, 0.15) is 17.5 Å². The number of hydrogen-bond acceptors (Lipinski definition) is 0. The van der Waals surface area contributed by atoms with E-state index in [1.165, 1.54) is 0 Å². The van der Waals surface area contributed by atoms with E-state index in [0.29, 0.717) is 0 Å². The molecule has 0 N–H and O–H groups in total. The fourth-order valence-corrected chi connectivity index (χ4v) is 2.93. The quantitative estimate of drug-likeness (QED) is 0.252. The van der Waals surface area contributed by atoms with Gasteiger partial charge >= 0.3 is 0 Å². The van der Waals surface area contributed by atoms with Gasteiger partial charge in [0.05, 0.1) is 0 Å². The molecule has 30 heavy (non-hydrogen) atoms. The second-order valence-corrected chi connectivity index (χ2v) is 5.99. The smallest absolute Gasteiger partial charge is 0.207 e. The summed E-state index contributed by atoms with van der Waals surface area (Å²) in [6.07, 6.45) is 0. The summed E-state index contributed by atoms with van der Waals surface area (Å²) in [4.78, 5) is 0. The topological polar surface area (TPSA) is 0 Å². The third kappa shape index (κ3) is 3.39. The Kier molecular flexibility index (Phi) is 5.53. The lowest BCUT2D eigenvalue weighted by Gasteiger charge is -2.20. The molecule has 0 aromatic heterocycles. The van der Waals surface area contributed by atoms with E-state index in [4.69, 9.17) is 0 Å². The monoisotopic (exact) mass is 440 g/mol. The molecule has 0 aliphatic heterocycles. The van der Waals surface area contributed by atoms with Gasteiger partial charge in [0.25, 0.3) is 6.71 Å². The lowest BCUT2D eigenvalue weighted by atomic mass is 9.36. The predicted octanol–water partition coefficient (Wildman–Crippen LogP) is 3.73. The standard InChI is InChI=1S/C18H4BF11/c20-5-1-6(14(26)9(23)2-5)19(12-7(21)3-10(24)15(27)17(12)29)13-8(22)4-11(25)16(28)18(13)30/h1-4H. The second-order valence-electron chi connectivity index (χ2n) is 5.99. The van der Waals surface area contributed by atoms with Gasteiger partial charge in [0.15, 0.2) is 46.5 Å². The predicted molar refractivity (Wildman–Crippen MR) is 83.5 cm³/mol. The summed E-state index contributed by atoms with van der Waals surface area (Å²) in [5, 5.41) is 0. The maximum Gasteiger partial charge on any atom is 0.260 e. The van der Waals surface area contributed by atoms with Crippen molar-refractivity contribution in [3.05, 3.63) is 88.3 Å². The van der Waals surface area contributed by atoms with E-state index in [9.17, 15) is 48.3 Å². The van der Waals surface area contributed by atoms with Crippen molar-refractivity contribution in [2.75, 3.05) is 0 Å². The summed E-state index contributed by atoms with van der Waals surface area (Å²) in [5.74, 6) is -23.6. The highest BCUT2D eigenvalue weighted by atomic mass is 19.2. The van der Waals surface area contributed by atoms with Crippen LogP contribution in [0, 0.1) is 64.0 Å². The molecule has 0 saturated carbocycles. The van der Waals surface area contributed by atoms with Crippen LogP contribution in [0.5, 0.6) is 0 Å². The molecule has 0 aliphatic rings. The van der Waals surface area contributed by atoms with Gasteiger partial charge in [-0.2, -0.15) is 0 Å². The zero-order chi connectivity index (χ0) is 22.5. The Morgan fingerprint density at radius 3 is 1.23 bits per heavy atom. The van der Waals surface area contributed by atoms with Gasteiger partial charge in [-0.3, -0.25) is 0 Å². The third-order valence-corrected chi connectivity index (χ3v) is 4.21. The van der Waals surface area contributed by atoms with Crippen molar-refractivity contribution in [1.82, 2.24) is 0 Å². The van der Waals surface area contributed by atoms with E-state index in [1.54, 1.807) is 0 Å². The number of benzene rings is 3. The minimum atomic E-state index is -2.92. The molecule has 0 unspecified atom stereocenters. The summed E-state index contributed by atoms with van der Waals surface area (Å²) in [6, 6.07) is -0.566. The van der Waals surface area contributed by atoms with Crippen molar-refractivity contribution in [2.45, 2.75) is 0 Å². The molecule has 0 saturated heterocycles. The first-order valence-electron chi connectivity index (χ1n) is 7.75. The lowest BCUT2D eigenvalue weighted by Crippen LogP contribution is -2.58. The molecule has 0 heterocycles. The normalized spacial score (nSPS) is 11.2. The van der Waals surface area contributed by atoms with Crippen molar-refractivity contribution in [3.8, 4) is 0 Å². The first kappa shape index (κ1) is 21.7. The molecule has 0 aliphatic carbocycles. The summed E-state index contributed by atoms with van der Waals surface area (Å²) < 4.78 is 153. The fourth-order valence-electron chi connectivity index (χ4n) is 2.93. The van der Waals surface area contributed by atoms with Crippen LogP contribution in [0.4, 0.5) is 48.3 Å². The first-order chi connectivity index (χ1) is 14.0. The fraction of sp³-hybridized carbons (Fsp3) is 0. The molecule has 12 heteroatoms. The molecular formula is C18H4BF11. The Morgan fingerprint density at radius 1 is 0.400 bits per heavy atom. The first-order valence-corrected chi connectivity index (χ1v) is 7.75. The maximum absolute atomic E-state index is 14.3. The Labute approximate surface area is 160 Å². The van der Waals surface area contributed by atoms with Gasteiger partial charge in [0.2, 0.25) is 0 Å². The molecule has 0 fully saturated rings. The number of halogens is 11. The molecule has 3 aromatic carbocycles. The Balaban J connectivity index is 2.52. The molecule has 3 aromatic rings. The van der Waals surface area contributed by atoms with Gasteiger partial charge in [-0.25, -0.2) is 48.3 Å². The Hall–Kier alpha value is -3.05. The summed E-state index contributed by atoms with van der Waals surface area (Å²) >= 11 is 0. The van der Waals surface area contributed by atoms with Crippen molar-refractivity contribution >= 4 is 23.1 Å². The third-order valence-electron chi connectivity index (χ3n) is 4.21. The highest BCUT2D eigenvalue weighted by Crippen LogP contribution is 2.18. The minimum absolute atomic E-state index is 0.0359. The molecule has 0 atom stereocenters. The SMILES string of the molecule is Fc1cc(F)c(F)c(B(c2c(F)cc(F)c(F)c2F)c2c(F)cc(F)c(F)c2F)c1. The van der Waals surface area contributed by atoms with Gasteiger partial charge < -0.3 is 0 Å². The lowest BCUT2D eigenvalue weighted by molar-refractivity contribution is 0.438. The van der Waals surface area contributed by atoms with Crippen LogP contribution in [0.15, 0.2) is 24.3 Å².